The summed E-state index contributed by atoms with van der Waals surface area (Å²) in [5, 5.41) is 17.3. The van der Waals surface area contributed by atoms with E-state index in [0.29, 0.717) is 41.4 Å². The van der Waals surface area contributed by atoms with Gasteiger partial charge in [-0.3, -0.25) is 14.6 Å². The van der Waals surface area contributed by atoms with Gasteiger partial charge < -0.3 is 16.8 Å². The molecule has 4 aromatic rings. The third-order valence-electron chi connectivity index (χ3n) is 5.69. The number of fused-ring (bicyclic) bond motifs is 1. The van der Waals surface area contributed by atoms with Crippen molar-refractivity contribution in [3.63, 3.8) is 0 Å². The van der Waals surface area contributed by atoms with Crippen LogP contribution in [-0.4, -0.2) is 44.7 Å². The van der Waals surface area contributed by atoms with E-state index < -0.39 is 34.9 Å². The Morgan fingerprint density at radius 2 is 1.89 bits per heavy atom. The maximum Gasteiger partial charge on any atom is 0.434 e. The lowest BCUT2D eigenvalue weighted by Crippen LogP contribution is -2.26. The van der Waals surface area contributed by atoms with Crippen LogP contribution in [0.4, 0.5) is 13.2 Å². The Hall–Kier alpha value is -4.83. The molecule has 0 spiro atoms. The van der Waals surface area contributed by atoms with E-state index in [-0.39, 0.29) is 22.5 Å². The normalized spacial score (nSPS) is 11.3. The predicted molar refractivity (Wildman–Crippen MR) is 131 cm³/mol. The van der Waals surface area contributed by atoms with Crippen molar-refractivity contribution >= 4 is 22.6 Å². The van der Waals surface area contributed by atoms with Crippen molar-refractivity contribution in [1.82, 2.24) is 25.1 Å². The summed E-state index contributed by atoms with van der Waals surface area (Å²) in [6.07, 6.45) is -0.00279. The van der Waals surface area contributed by atoms with E-state index in [0.717, 1.165) is 12.3 Å². The number of halogens is 3. The average Bonchev–Trinajstić information content (AvgIpc) is 3.32. The number of unbranched alkanes of at least 4 members (excludes halogenated alkanes) is 1. The van der Waals surface area contributed by atoms with Gasteiger partial charge in [0.15, 0.2) is 5.69 Å². The number of alkyl halides is 3. The van der Waals surface area contributed by atoms with Crippen LogP contribution in [0.2, 0.25) is 0 Å². The van der Waals surface area contributed by atoms with Crippen LogP contribution < -0.4 is 16.8 Å². The molecule has 4 rings (SSSR count). The van der Waals surface area contributed by atoms with Crippen LogP contribution in [0, 0.1) is 11.3 Å². The number of nitrogens with one attached hydrogen (secondary N) is 1. The topological polar surface area (TPSA) is 166 Å². The summed E-state index contributed by atoms with van der Waals surface area (Å²) in [7, 11) is 0. The molecule has 0 unspecified atom stereocenters. The number of carbonyl (C=O) groups is 2. The zero-order chi connectivity index (χ0) is 27.4. The largest absolute Gasteiger partial charge is 0.434 e. The molecule has 0 radical (unpaired) electrons. The molecule has 194 valence electrons. The minimum Gasteiger partial charge on any atom is -0.365 e. The molecular weight excluding hydrogens is 501 g/mol. The minimum atomic E-state index is -5.04. The fourth-order valence-corrected chi connectivity index (χ4v) is 3.97. The lowest BCUT2D eigenvalue weighted by Gasteiger charge is -2.13. The second-order valence-corrected chi connectivity index (χ2v) is 8.21. The molecule has 5 N–H and O–H groups in total. The number of pyridine rings is 2. The van der Waals surface area contributed by atoms with Gasteiger partial charge in [0, 0.05) is 35.3 Å². The second-order valence-electron chi connectivity index (χ2n) is 8.21. The van der Waals surface area contributed by atoms with Crippen molar-refractivity contribution in [3.05, 3.63) is 71.4 Å². The highest BCUT2D eigenvalue weighted by atomic mass is 19.4. The molecule has 38 heavy (non-hydrogen) atoms. The fraction of sp³-hybridized carbons (Fsp3) is 0.200. The number of hydrogen-bond acceptors (Lipinski definition) is 7. The molecule has 0 aliphatic rings. The monoisotopic (exact) mass is 522 g/mol. The van der Waals surface area contributed by atoms with Gasteiger partial charge >= 0.3 is 6.18 Å². The smallest absolute Gasteiger partial charge is 0.365 e. The third-order valence-corrected chi connectivity index (χ3v) is 5.69. The zero-order valence-electron chi connectivity index (χ0n) is 19.8. The van der Waals surface area contributed by atoms with Gasteiger partial charge in [-0.15, -0.1) is 0 Å². The summed E-state index contributed by atoms with van der Waals surface area (Å²) in [6.45, 7) is 0.754. The van der Waals surface area contributed by atoms with Crippen molar-refractivity contribution in [2.45, 2.75) is 19.0 Å². The molecule has 2 amide bonds. The lowest BCUT2D eigenvalue weighted by molar-refractivity contribution is -0.143. The van der Waals surface area contributed by atoms with Crippen molar-refractivity contribution in [2.24, 2.45) is 11.5 Å². The Morgan fingerprint density at radius 3 is 2.58 bits per heavy atom. The van der Waals surface area contributed by atoms with E-state index in [4.69, 9.17) is 11.5 Å². The maximum atomic E-state index is 14.4. The number of hydrogen-bond donors (Lipinski definition) is 3. The molecule has 1 aromatic carbocycles. The highest BCUT2D eigenvalue weighted by Gasteiger charge is 2.43. The van der Waals surface area contributed by atoms with E-state index >= 15 is 0 Å². The van der Waals surface area contributed by atoms with Crippen LogP contribution >= 0.6 is 0 Å². The van der Waals surface area contributed by atoms with Gasteiger partial charge in [0.2, 0.25) is 0 Å². The summed E-state index contributed by atoms with van der Waals surface area (Å²) in [6, 6.07) is 9.56. The Balaban J connectivity index is 1.89. The highest BCUT2D eigenvalue weighted by Crippen LogP contribution is 2.39. The van der Waals surface area contributed by atoms with Gasteiger partial charge in [-0.2, -0.15) is 23.5 Å². The summed E-state index contributed by atoms with van der Waals surface area (Å²) in [4.78, 5) is 32.9. The molecule has 0 aliphatic heterocycles. The number of nitrogens with zero attached hydrogens (tertiary/aromatic N) is 5. The first-order chi connectivity index (χ1) is 18.2. The molecular formula is C25H21F3N8O2. The van der Waals surface area contributed by atoms with Crippen LogP contribution in [0.1, 0.15) is 44.9 Å². The number of amides is 2. The number of aromatic nitrogens is 4. The van der Waals surface area contributed by atoms with Crippen molar-refractivity contribution in [2.75, 3.05) is 13.1 Å². The standard InChI is InChI=1S/C25H21F3N8O2/c26-25(27,28)22-19(23(31)37)20(35-36(22)18-13-32-11-14-5-1-2-6-17(14)18)16-9-15(10-30)21(34-12-16)24(38)33-8-4-3-7-29/h1-2,5-6,9,11-13H,3-4,7-8,29H2,(H2,31,37)(H,33,38). The highest BCUT2D eigenvalue weighted by molar-refractivity contribution is 6.01. The molecule has 3 aromatic heterocycles. The van der Waals surface area contributed by atoms with Crippen molar-refractivity contribution in [1.29, 1.82) is 5.26 Å². The van der Waals surface area contributed by atoms with Gasteiger partial charge in [-0.05, 0) is 25.5 Å². The third kappa shape index (κ3) is 5.02. The molecule has 0 saturated carbocycles. The molecule has 0 atom stereocenters. The molecule has 0 bridgehead atoms. The number of nitriles is 1. The first-order valence-corrected chi connectivity index (χ1v) is 11.4. The Morgan fingerprint density at radius 1 is 1.13 bits per heavy atom. The fourth-order valence-electron chi connectivity index (χ4n) is 3.97. The predicted octanol–water partition coefficient (Wildman–Crippen LogP) is 2.94. The van der Waals surface area contributed by atoms with E-state index in [1.165, 1.54) is 12.4 Å². The van der Waals surface area contributed by atoms with E-state index in [9.17, 15) is 28.0 Å². The zero-order valence-corrected chi connectivity index (χ0v) is 19.8. The summed E-state index contributed by atoms with van der Waals surface area (Å²) in [5.74, 6) is -2.02. The van der Waals surface area contributed by atoms with Gasteiger partial charge in [0.05, 0.1) is 23.0 Å². The van der Waals surface area contributed by atoms with Gasteiger partial charge in [-0.1, -0.05) is 24.3 Å². The minimum absolute atomic E-state index is 0.0360. The van der Waals surface area contributed by atoms with E-state index in [1.807, 2.05) is 6.07 Å². The number of primary amides is 1. The van der Waals surface area contributed by atoms with Crippen LogP contribution in [0.5, 0.6) is 0 Å². The first kappa shape index (κ1) is 26.2. The summed E-state index contributed by atoms with van der Waals surface area (Å²) >= 11 is 0. The quantitative estimate of drug-likeness (QED) is 0.299. The number of benzene rings is 1. The summed E-state index contributed by atoms with van der Waals surface area (Å²) in [5.41, 5.74) is 7.50. The lowest BCUT2D eigenvalue weighted by atomic mass is 10.0. The van der Waals surface area contributed by atoms with Crippen LogP contribution in [0.3, 0.4) is 0 Å². The number of rotatable bonds is 8. The second kappa shape index (κ2) is 10.7. The average molecular weight is 522 g/mol. The SMILES string of the molecule is N#Cc1cc(-c2nn(-c3cncc4ccccc34)c(C(F)(F)F)c2C(N)=O)cnc1C(=O)NCCCCN. The van der Waals surface area contributed by atoms with Crippen LogP contribution in [0.15, 0.2) is 48.9 Å². The van der Waals surface area contributed by atoms with Crippen molar-refractivity contribution in [3.8, 4) is 23.0 Å². The Bertz CT molecular complexity index is 1570. The maximum absolute atomic E-state index is 14.4. The molecule has 3 heterocycles. The van der Waals surface area contributed by atoms with Crippen molar-refractivity contribution < 1.29 is 22.8 Å². The van der Waals surface area contributed by atoms with Gasteiger partial charge in [-0.25, -0.2) is 9.67 Å². The number of carbonyl (C=O) groups excluding carboxylic acids is 2. The first-order valence-electron chi connectivity index (χ1n) is 11.4. The van der Waals surface area contributed by atoms with E-state index in [1.54, 1.807) is 24.3 Å². The Kier molecular flexibility index (Phi) is 7.35. The molecule has 13 heteroatoms. The molecule has 0 aliphatic carbocycles. The van der Waals surface area contributed by atoms with Crippen LogP contribution in [0.25, 0.3) is 27.7 Å². The molecule has 0 saturated heterocycles. The van der Waals surface area contributed by atoms with E-state index in [2.05, 4.69) is 20.4 Å². The Labute approximate surface area is 214 Å². The van der Waals surface area contributed by atoms with Gasteiger partial charge in [0.25, 0.3) is 11.8 Å². The molecule has 10 nitrogen and oxygen atoms in total. The summed E-state index contributed by atoms with van der Waals surface area (Å²) < 4.78 is 43.6. The van der Waals surface area contributed by atoms with Crippen LogP contribution in [-0.2, 0) is 6.18 Å². The van der Waals surface area contributed by atoms with Gasteiger partial charge in [0.1, 0.15) is 17.5 Å². The number of nitrogens with two attached hydrogens (primary N) is 2. The molecule has 0 fully saturated rings.